The van der Waals surface area contributed by atoms with Crippen LogP contribution in [0.3, 0.4) is 0 Å². The molecule has 1 atom stereocenters. The van der Waals surface area contributed by atoms with Crippen LogP contribution in [0.4, 0.5) is 5.13 Å². The molecule has 0 bridgehead atoms. The molecule has 0 radical (unpaired) electrons. The second kappa shape index (κ2) is 8.16. The van der Waals surface area contributed by atoms with E-state index >= 15 is 0 Å². The second-order valence-electron chi connectivity index (χ2n) is 5.43. The van der Waals surface area contributed by atoms with Crippen LogP contribution < -0.4 is 10.6 Å². The zero-order valence-corrected chi connectivity index (χ0v) is 13.8. The standard InChI is InChI=1S/C13H25N5OS/c1-6-7-14-13-17-16-12(20-13)11(19)15-10(9(2)3)8-18(4)5/h9-10H,6-8H2,1-5H3,(H,14,17)(H,15,19). The van der Waals surface area contributed by atoms with Crippen LogP contribution in [0.1, 0.15) is 37.0 Å². The van der Waals surface area contributed by atoms with Crippen molar-refractivity contribution in [2.75, 3.05) is 32.5 Å². The Balaban J connectivity index is 2.61. The average Bonchev–Trinajstić information content (AvgIpc) is 2.83. The smallest absolute Gasteiger partial charge is 0.282 e. The van der Waals surface area contributed by atoms with E-state index in [4.69, 9.17) is 0 Å². The van der Waals surface area contributed by atoms with E-state index in [2.05, 4.69) is 46.5 Å². The number of hydrogen-bond donors (Lipinski definition) is 2. The van der Waals surface area contributed by atoms with E-state index in [9.17, 15) is 4.79 Å². The summed E-state index contributed by atoms with van der Waals surface area (Å²) in [6.45, 7) is 7.93. The number of anilines is 1. The summed E-state index contributed by atoms with van der Waals surface area (Å²) in [6, 6.07) is 0.105. The molecule has 7 heteroatoms. The minimum atomic E-state index is -0.146. The maximum Gasteiger partial charge on any atom is 0.282 e. The highest BCUT2D eigenvalue weighted by Gasteiger charge is 2.20. The zero-order chi connectivity index (χ0) is 15.1. The van der Waals surface area contributed by atoms with Gasteiger partial charge in [0.15, 0.2) is 0 Å². The van der Waals surface area contributed by atoms with Gasteiger partial charge in [0.25, 0.3) is 5.91 Å². The molecule has 1 amide bonds. The van der Waals surface area contributed by atoms with Gasteiger partial charge in [0.05, 0.1) is 0 Å². The van der Waals surface area contributed by atoms with Crippen LogP contribution in [0, 0.1) is 5.92 Å². The Morgan fingerprint density at radius 1 is 1.35 bits per heavy atom. The number of hydrogen-bond acceptors (Lipinski definition) is 6. The van der Waals surface area contributed by atoms with Gasteiger partial charge in [-0.25, -0.2) is 0 Å². The lowest BCUT2D eigenvalue weighted by Crippen LogP contribution is -2.45. The lowest BCUT2D eigenvalue weighted by molar-refractivity contribution is 0.0915. The first kappa shape index (κ1) is 16.8. The maximum atomic E-state index is 12.2. The molecule has 0 fully saturated rings. The Kier molecular flexibility index (Phi) is 6.87. The molecule has 1 rings (SSSR count). The fourth-order valence-corrected chi connectivity index (χ4v) is 2.34. The van der Waals surface area contributed by atoms with Gasteiger partial charge in [-0.05, 0) is 26.4 Å². The third-order valence-corrected chi connectivity index (χ3v) is 3.71. The first-order valence-electron chi connectivity index (χ1n) is 6.97. The number of carbonyl (C=O) groups is 1. The van der Waals surface area contributed by atoms with Crippen molar-refractivity contribution in [3.8, 4) is 0 Å². The average molecular weight is 299 g/mol. The molecule has 2 N–H and O–H groups in total. The van der Waals surface area contributed by atoms with Gasteiger partial charge in [-0.2, -0.15) is 0 Å². The summed E-state index contributed by atoms with van der Waals surface area (Å²) in [5, 5.41) is 15.2. The van der Waals surface area contributed by atoms with E-state index in [1.807, 2.05) is 14.1 Å². The Bertz CT molecular complexity index is 419. The van der Waals surface area contributed by atoms with Gasteiger partial charge < -0.3 is 15.5 Å². The van der Waals surface area contributed by atoms with Crippen molar-refractivity contribution >= 4 is 22.4 Å². The molecule has 0 aliphatic rings. The summed E-state index contributed by atoms with van der Waals surface area (Å²) >= 11 is 1.29. The predicted molar refractivity (Wildman–Crippen MR) is 83.3 cm³/mol. The van der Waals surface area contributed by atoms with E-state index in [1.54, 1.807) is 0 Å². The number of carbonyl (C=O) groups excluding carboxylic acids is 1. The fraction of sp³-hybridized carbons (Fsp3) is 0.769. The summed E-state index contributed by atoms with van der Waals surface area (Å²) in [7, 11) is 4.00. The van der Waals surface area contributed by atoms with Crippen molar-refractivity contribution in [3.05, 3.63) is 5.01 Å². The first-order valence-corrected chi connectivity index (χ1v) is 7.78. The van der Waals surface area contributed by atoms with Crippen LogP contribution in [0.15, 0.2) is 0 Å². The predicted octanol–water partition coefficient (Wildman–Crippen LogP) is 1.68. The number of rotatable bonds is 8. The van der Waals surface area contributed by atoms with Gasteiger partial charge in [-0.3, -0.25) is 4.79 Å². The molecule has 0 aromatic carbocycles. The number of amides is 1. The van der Waals surface area contributed by atoms with Crippen LogP contribution >= 0.6 is 11.3 Å². The zero-order valence-electron chi connectivity index (χ0n) is 12.9. The molecule has 0 saturated heterocycles. The van der Waals surface area contributed by atoms with Crippen LogP contribution in [-0.2, 0) is 0 Å². The lowest BCUT2D eigenvalue weighted by atomic mass is 10.0. The Hall–Kier alpha value is -1.21. The molecule has 1 aromatic rings. The van der Waals surface area contributed by atoms with Crippen molar-refractivity contribution < 1.29 is 4.79 Å². The molecule has 6 nitrogen and oxygen atoms in total. The molecular formula is C13H25N5OS. The number of nitrogens with zero attached hydrogens (tertiary/aromatic N) is 3. The molecule has 0 aliphatic heterocycles. The van der Waals surface area contributed by atoms with Crippen molar-refractivity contribution in [2.24, 2.45) is 5.92 Å². The van der Waals surface area contributed by atoms with E-state index in [-0.39, 0.29) is 11.9 Å². The van der Waals surface area contributed by atoms with Gasteiger partial charge in [0.1, 0.15) is 0 Å². The molecule has 0 saturated carbocycles. The molecule has 1 heterocycles. The quantitative estimate of drug-likeness (QED) is 0.764. The summed E-state index contributed by atoms with van der Waals surface area (Å²) in [5.74, 6) is 0.222. The highest BCUT2D eigenvalue weighted by molar-refractivity contribution is 7.17. The molecule has 1 unspecified atom stereocenters. The van der Waals surface area contributed by atoms with Crippen molar-refractivity contribution in [1.82, 2.24) is 20.4 Å². The second-order valence-corrected chi connectivity index (χ2v) is 6.40. The van der Waals surface area contributed by atoms with Crippen LogP contribution in [0.2, 0.25) is 0 Å². The molecule has 20 heavy (non-hydrogen) atoms. The maximum absolute atomic E-state index is 12.2. The number of likely N-dealkylation sites (N-methyl/N-ethyl adjacent to an activating group) is 1. The van der Waals surface area contributed by atoms with Crippen LogP contribution in [-0.4, -0.2) is 54.2 Å². The topological polar surface area (TPSA) is 70.1 Å². The van der Waals surface area contributed by atoms with Gasteiger partial charge >= 0.3 is 0 Å². The molecule has 0 aliphatic carbocycles. The summed E-state index contributed by atoms with van der Waals surface area (Å²) in [5.41, 5.74) is 0. The van der Waals surface area contributed by atoms with Gasteiger partial charge in [0, 0.05) is 19.1 Å². The molecule has 0 spiro atoms. The van der Waals surface area contributed by atoms with E-state index in [1.165, 1.54) is 11.3 Å². The van der Waals surface area contributed by atoms with Gasteiger partial charge in [0.2, 0.25) is 10.1 Å². The third kappa shape index (κ3) is 5.42. The summed E-state index contributed by atoms with van der Waals surface area (Å²) in [4.78, 5) is 14.2. The largest absolute Gasteiger partial charge is 0.360 e. The third-order valence-electron chi connectivity index (χ3n) is 2.83. The monoisotopic (exact) mass is 299 g/mol. The lowest BCUT2D eigenvalue weighted by Gasteiger charge is -2.25. The van der Waals surface area contributed by atoms with Crippen molar-refractivity contribution in [3.63, 3.8) is 0 Å². The molecule has 114 valence electrons. The number of aromatic nitrogens is 2. The SMILES string of the molecule is CCCNc1nnc(C(=O)NC(CN(C)C)C(C)C)s1. The summed E-state index contributed by atoms with van der Waals surface area (Å²) < 4.78 is 0. The van der Waals surface area contributed by atoms with E-state index < -0.39 is 0 Å². The van der Waals surface area contributed by atoms with Gasteiger partial charge in [-0.1, -0.05) is 32.1 Å². The first-order chi connectivity index (χ1) is 9.43. The normalized spacial score (nSPS) is 12.8. The molecular weight excluding hydrogens is 274 g/mol. The van der Waals surface area contributed by atoms with Crippen molar-refractivity contribution in [1.29, 1.82) is 0 Å². The Morgan fingerprint density at radius 3 is 2.60 bits per heavy atom. The minimum absolute atomic E-state index is 0.105. The summed E-state index contributed by atoms with van der Waals surface area (Å²) in [6.07, 6.45) is 1.01. The van der Waals surface area contributed by atoms with Crippen molar-refractivity contribution in [2.45, 2.75) is 33.2 Å². The highest BCUT2D eigenvalue weighted by atomic mass is 32.1. The Labute approximate surface area is 125 Å². The highest BCUT2D eigenvalue weighted by Crippen LogP contribution is 2.15. The Morgan fingerprint density at radius 2 is 2.05 bits per heavy atom. The van der Waals surface area contributed by atoms with Crippen LogP contribution in [0.5, 0.6) is 0 Å². The number of nitrogens with one attached hydrogen (secondary N) is 2. The van der Waals surface area contributed by atoms with Gasteiger partial charge in [-0.15, -0.1) is 10.2 Å². The minimum Gasteiger partial charge on any atom is -0.360 e. The van der Waals surface area contributed by atoms with E-state index in [0.29, 0.717) is 16.1 Å². The van der Waals surface area contributed by atoms with E-state index in [0.717, 1.165) is 19.5 Å². The fourth-order valence-electron chi connectivity index (χ4n) is 1.66. The molecule has 1 aromatic heterocycles. The van der Waals surface area contributed by atoms with Crippen LogP contribution in [0.25, 0.3) is 0 Å².